The van der Waals surface area contributed by atoms with Crippen molar-refractivity contribution >= 4 is 11.3 Å². The van der Waals surface area contributed by atoms with Gasteiger partial charge in [0.2, 0.25) is 0 Å². The Morgan fingerprint density at radius 2 is 2.44 bits per heavy atom. The van der Waals surface area contributed by atoms with Crippen LogP contribution in [0.1, 0.15) is 24.1 Å². The van der Waals surface area contributed by atoms with Crippen LogP contribution in [0.5, 0.6) is 0 Å². The van der Waals surface area contributed by atoms with Gasteiger partial charge in [-0.2, -0.15) is 0 Å². The molecule has 3 atom stereocenters. The van der Waals surface area contributed by atoms with Gasteiger partial charge >= 0.3 is 0 Å². The minimum absolute atomic E-state index is 0.729. The minimum atomic E-state index is 0.729. The summed E-state index contributed by atoms with van der Waals surface area (Å²) in [4.78, 5) is 1.45. The van der Waals surface area contributed by atoms with Crippen LogP contribution in [0.25, 0.3) is 0 Å². The Kier molecular flexibility index (Phi) is 3.27. The summed E-state index contributed by atoms with van der Waals surface area (Å²) in [6.45, 7) is 3.43. The van der Waals surface area contributed by atoms with Gasteiger partial charge in [0, 0.05) is 24.0 Å². The van der Waals surface area contributed by atoms with E-state index in [-0.39, 0.29) is 0 Å². The molecule has 1 aliphatic carbocycles. The third-order valence-corrected chi connectivity index (χ3v) is 5.00. The zero-order valence-corrected chi connectivity index (χ0v) is 10.4. The van der Waals surface area contributed by atoms with Crippen molar-refractivity contribution in [2.24, 2.45) is 11.8 Å². The monoisotopic (exact) mass is 236 g/mol. The maximum absolute atomic E-state index is 3.68. The van der Waals surface area contributed by atoms with Crippen molar-refractivity contribution in [3.63, 3.8) is 0 Å². The van der Waals surface area contributed by atoms with Crippen LogP contribution < -0.4 is 10.6 Å². The van der Waals surface area contributed by atoms with Gasteiger partial charge in [0.25, 0.3) is 0 Å². The number of thiophene rings is 1. The zero-order valence-electron chi connectivity index (χ0n) is 9.61. The van der Waals surface area contributed by atoms with E-state index in [9.17, 15) is 0 Å². The first-order valence-electron chi connectivity index (χ1n) is 6.40. The van der Waals surface area contributed by atoms with Crippen molar-refractivity contribution in [3.8, 4) is 0 Å². The van der Waals surface area contributed by atoms with Gasteiger partial charge < -0.3 is 10.6 Å². The molecule has 0 bridgehead atoms. The molecular weight excluding hydrogens is 216 g/mol. The highest BCUT2D eigenvalue weighted by Crippen LogP contribution is 2.37. The molecule has 3 heteroatoms. The number of fused-ring (bicyclic) bond motifs is 1. The van der Waals surface area contributed by atoms with Crippen molar-refractivity contribution in [1.29, 1.82) is 0 Å². The summed E-state index contributed by atoms with van der Waals surface area (Å²) in [5, 5.41) is 9.42. The van der Waals surface area contributed by atoms with Gasteiger partial charge in [0.05, 0.1) is 0 Å². The molecule has 1 aliphatic heterocycles. The molecule has 1 saturated heterocycles. The van der Waals surface area contributed by atoms with Crippen LogP contribution in [0, 0.1) is 11.8 Å². The molecule has 2 nitrogen and oxygen atoms in total. The van der Waals surface area contributed by atoms with E-state index < -0.39 is 0 Å². The fraction of sp³-hybridized carbons (Fsp3) is 0.692. The van der Waals surface area contributed by atoms with E-state index in [4.69, 9.17) is 0 Å². The van der Waals surface area contributed by atoms with Gasteiger partial charge in [-0.1, -0.05) is 12.5 Å². The summed E-state index contributed by atoms with van der Waals surface area (Å²) in [5.74, 6) is 1.93. The second kappa shape index (κ2) is 4.86. The Morgan fingerprint density at radius 1 is 1.44 bits per heavy atom. The SMILES string of the molecule is c1csc(CNCC2NCC3CCCC32)c1. The van der Waals surface area contributed by atoms with Crippen LogP contribution in [0.15, 0.2) is 17.5 Å². The summed E-state index contributed by atoms with van der Waals surface area (Å²) in [5.41, 5.74) is 0. The second-order valence-corrected chi connectivity index (χ2v) is 6.11. The highest BCUT2D eigenvalue weighted by Gasteiger charge is 2.38. The van der Waals surface area contributed by atoms with E-state index in [1.807, 2.05) is 11.3 Å². The normalized spacial score (nSPS) is 33.1. The van der Waals surface area contributed by atoms with Crippen molar-refractivity contribution in [1.82, 2.24) is 10.6 Å². The first kappa shape index (κ1) is 10.8. The Bertz CT molecular complexity index is 323. The van der Waals surface area contributed by atoms with E-state index in [1.54, 1.807) is 0 Å². The van der Waals surface area contributed by atoms with Crippen molar-refractivity contribution in [2.75, 3.05) is 13.1 Å². The summed E-state index contributed by atoms with van der Waals surface area (Å²) in [6, 6.07) is 5.06. The van der Waals surface area contributed by atoms with Crippen LogP contribution in [0.2, 0.25) is 0 Å². The molecule has 88 valence electrons. The van der Waals surface area contributed by atoms with Gasteiger partial charge in [0.15, 0.2) is 0 Å². The first-order chi connectivity index (χ1) is 7.93. The van der Waals surface area contributed by atoms with Crippen LogP contribution in [-0.2, 0) is 6.54 Å². The number of hydrogen-bond donors (Lipinski definition) is 2. The van der Waals surface area contributed by atoms with Gasteiger partial charge in [0.1, 0.15) is 0 Å². The summed E-state index contributed by atoms with van der Waals surface area (Å²) in [7, 11) is 0. The predicted molar refractivity (Wildman–Crippen MR) is 68.6 cm³/mol. The van der Waals surface area contributed by atoms with E-state index in [1.165, 1.54) is 30.7 Å². The van der Waals surface area contributed by atoms with Gasteiger partial charge in [-0.15, -0.1) is 11.3 Å². The number of hydrogen-bond acceptors (Lipinski definition) is 3. The third-order valence-electron chi connectivity index (χ3n) is 4.12. The highest BCUT2D eigenvalue weighted by molar-refractivity contribution is 7.09. The van der Waals surface area contributed by atoms with Crippen LogP contribution in [0.3, 0.4) is 0 Å². The minimum Gasteiger partial charge on any atom is -0.312 e. The molecule has 2 heterocycles. The molecule has 0 radical (unpaired) electrons. The zero-order chi connectivity index (χ0) is 10.8. The molecule has 0 amide bonds. The number of nitrogens with one attached hydrogen (secondary N) is 2. The molecular formula is C13H20N2S. The van der Waals surface area contributed by atoms with E-state index >= 15 is 0 Å². The Labute approximate surface area is 101 Å². The van der Waals surface area contributed by atoms with Crippen molar-refractivity contribution in [2.45, 2.75) is 31.8 Å². The van der Waals surface area contributed by atoms with E-state index in [2.05, 4.69) is 28.1 Å². The molecule has 3 unspecified atom stereocenters. The van der Waals surface area contributed by atoms with Crippen molar-refractivity contribution in [3.05, 3.63) is 22.4 Å². The van der Waals surface area contributed by atoms with Gasteiger partial charge in [-0.05, 0) is 42.7 Å². The molecule has 1 aromatic rings. The summed E-state index contributed by atoms with van der Waals surface area (Å²) in [6.07, 6.45) is 4.36. The standard InChI is InChI=1S/C13H20N2S/c1-3-10-7-15-13(12(10)5-1)9-14-8-11-4-2-6-16-11/h2,4,6,10,12-15H,1,3,5,7-9H2. The largest absolute Gasteiger partial charge is 0.312 e. The molecule has 0 aromatic carbocycles. The molecule has 3 rings (SSSR count). The predicted octanol–water partition coefficient (Wildman–Crippen LogP) is 2.23. The fourth-order valence-electron chi connectivity index (χ4n) is 3.29. The lowest BCUT2D eigenvalue weighted by Crippen LogP contribution is -2.37. The average molecular weight is 236 g/mol. The van der Waals surface area contributed by atoms with E-state index in [0.717, 1.165) is 31.0 Å². The Balaban J connectivity index is 1.45. The quantitative estimate of drug-likeness (QED) is 0.837. The van der Waals surface area contributed by atoms with E-state index in [0.29, 0.717) is 0 Å². The van der Waals surface area contributed by atoms with Crippen LogP contribution in [-0.4, -0.2) is 19.1 Å². The molecule has 1 saturated carbocycles. The van der Waals surface area contributed by atoms with Crippen molar-refractivity contribution < 1.29 is 0 Å². The first-order valence-corrected chi connectivity index (χ1v) is 7.28. The average Bonchev–Trinajstić information content (AvgIpc) is 2.95. The third kappa shape index (κ3) is 2.17. The summed E-state index contributed by atoms with van der Waals surface area (Å²) >= 11 is 1.84. The van der Waals surface area contributed by atoms with Crippen LogP contribution in [0.4, 0.5) is 0 Å². The maximum Gasteiger partial charge on any atom is 0.0300 e. The smallest absolute Gasteiger partial charge is 0.0300 e. The topological polar surface area (TPSA) is 24.1 Å². The highest BCUT2D eigenvalue weighted by atomic mass is 32.1. The molecule has 2 N–H and O–H groups in total. The molecule has 2 fully saturated rings. The maximum atomic E-state index is 3.68. The summed E-state index contributed by atoms with van der Waals surface area (Å²) < 4.78 is 0. The molecule has 2 aliphatic rings. The fourth-order valence-corrected chi connectivity index (χ4v) is 3.96. The molecule has 16 heavy (non-hydrogen) atoms. The lowest BCUT2D eigenvalue weighted by molar-refractivity contribution is 0.393. The van der Waals surface area contributed by atoms with Crippen LogP contribution >= 0.6 is 11.3 Å². The Hall–Kier alpha value is -0.380. The Morgan fingerprint density at radius 3 is 3.31 bits per heavy atom. The molecule has 1 aromatic heterocycles. The second-order valence-electron chi connectivity index (χ2n) is 5.08. The lowest BCUT2D eigenvalue weighted by atomic mass is 9.94. The molecule has 0 spiro atoms. The van der Waals surface area contributed by atoms with Gasteiger partial charge in [-0.3, -0.25) is 0 Å². The lowest BCUT2D eigenvalue weighted by Gasteiger charge is -2.18. The number of rotatable bonds is 4. The van der Waals surface area contributed by atoms with Gasteiger partial charge in [-0.25, -0.2) is 0 Å².